The highest BCUT2D eigenvalue weighted by atomic mass is 35.5. The number of hydrogen-bond donors (Lipinski definition) is 1. The van der Waals surface area contributed by atoms with E-state index in [0.717, 1.165) is 19.3 Å². The van der Waals surface area contributed by atoms with Crippen LogP contribution in [0.25, 0.3) is 0 Å². The van der Waals surface area contributed by atoms with E-state index in [1.165, 1.54) is 18.2 Å². The number of hydrogen-bond acceptors (Lipinski definition) is 3. The molecule has 0 bridgehead atoms. The second kappa shape index (κ2) is 6.23. The molecular formula is C11H16ClNO3S. The molecule has 0 aromatic heterocycles. The standard InChI is InChI=1S/C11H16ClNO3S/c1-2-3-4-7-16-11-6-5-9(8-10(11)12)17(13,14)15/h5-6,8H,2-4,7H2,1H3,(H2,13,14,15). The minimum absolute atomic E-state index is 0.0107. The van der Waals surface area contributed by atoms with E-state index in [2.05, 4.69) is 6.92 Å². The Hall–Kier alpha value is -0.780. The van der Waals surface area contributed by atoms with Crippen LogP contribution in [-0.4, -0.2) is 15.0 Å². The van der Waals surface area contributed by atoms with Crippen molar-refractivity contribution in [1.29, 1.82) is 0 Å². The number of halogens is 1. The molecule has 1 aromatic carbocycles. The van der Waals surface area contributed by atoms with Crippen LogP contribution in [0.3, 0.4) is 0 Å². The first-order chi connectivity index (χ1) is 7.95. The fourth-order valence-corrected chi connectivity index (χ4v) is 2.15. The topological polar surface area (TPSA) is 69.4 Å². The molecule has 17 heavy (non-hydrogen) atoms. The number of unbranched alkanes of at least 4 members (excludes halogenated alkanes) is 2. The van der Waals surface area contributed by atoms with Crippen molar-refractivity contribution in [2.75, 3.05) is 6.61 Å². The van der Waals surface area contributed by atoms with E-state index in [-0.39, 0.29) is 9.92 Å². The first-order valence-corrected chi connectivity index (χ1v) is 7.32. The molecule has 6 heteroatoms. The lowest BCUT2D eigenvalue weighted by atomic mass is 10.3. The summed E-state index contributed by atoms with van der Waals surface area (Å²) in [5.41, 5.74) is 0. The van der Waals surface area contributed by atoms with Crippen molar-refractivity contribution >= 4 is 21.6 Å². The quantitative estimate of drug-likeness (QED) is 0.813. The zero-order chi connectivity index (χ0) is 12.9. The van der Waals surface area contributed by atoms with Crippen LogP contribution >= 0.6 is 11.6 Å². The van der Waals surface area contributed by atoms with Gasteiger partial charge in [0.05, 0.1) is 16.5 Å². The largest absolute Gasteiger partial charge is 0.492 e. The van der Waals surface area contributed by atoms with Crippen molar-refractivity contribution < 1.29 is 13.2 Å². The molecule has 0 aliphatic rings. The molecule has 4 nitrogen and oxygen atoms in total. The van der Waals surface area contributed by atoms with Gasteiger partial charge in [-0.2, -0.15) is 0 Å². The van der Waals surface area contributed by atoms with Crippen molar-refractivity contribution in [3.05, 3.63) is 23.2 Å². The van der Waals surface area contributed by atoms with E-state index >= 15 is 0 Å². The molecule has 0 aliphatic heterocycles. The van der Waals surface area contributed by atoms with E-state index in [4.69, 9.17) is 21.5 Å². The number of ether oxygens (including phenoxy) is 1. The summed E-state index contributed by atoms with van der Waals surface area (Å²) in [6.07, 6.45) is 3.15. The van der Waals surface area contributed by atoms with Gasteiger partial charge in [0.2, 0.25) is 10.0 Å². The zero-order valence-corrected chi connectivity index (χ0v) is 11.2. The summed E-state index contributed by atoms with van der Waals surface area (Å²) >= 11 is 5.90. The SMILES string of the molecule is CCCCCOc1ccc(S(N)(=O)=O)cc1Cl. The summed E-state index contributed by atoms with van der Waals surface area (Å²) in [7, 11) is -3.71. The van der Waals surface area contributed by atoms with E-state index < -0.39 is 10.0 Å². The Morgan fingerprint density at radius 3 is 2.59 bits per heavy atom. The van der Waals surface area contributed by atoms with Crippen LogP contribution in [0.15, 0.2) is 23.1 Å². The molecule has 0 saturated carbocycles. The number of sulfonamides is 1. The van der Waals surface area contributed by atoms with Crippen LogP contribution in [0.2, 0.25) is 5.02 Å². The normalized spacial score (nSPS) is 11.5. The number of rotatable bonds is 6. The Kier molecular flexibility index (Phi) is 5.24. The molecule has 0 aliphatic carbocycles. The van der Waals surface area contributed by atoms with Crippen LogP contribution < -0.4 is 9.88 Å². The molecule has 2 N–H and O–H groups in total. The predicted octanol–water partition coefficient (Wildman–Crippen LogP) is 2.56. The fourth-order valence-electron chi connectivity index (χ4n) is 1.31. The highest BCUT2D eigenvalue weighted by Crippen LogP contribution is 2.27. The highest BCUT2D eigenvalue weighted by molar-refractivity contribution is 7.89. The maximum Gasteiger partial charge on any atom is 0.238 e. The molecule has 0 radical (unpaired) electrons. The molecule has 0 saturated heterocycles. The first-order valence-electron chi connectivity index (χ1n) is 5.40. The third-order valence-electron chi connectivity index (χ3n) is 2.24. The summed E-state index contributed by atoms with van der Waals surface area (Å²) in [4.78, 5) is -0.0107. The van der Waals surface area contributed by atoms with Crippen molar-refractivity contribution in [3.63, 3.8) is 0 Å². The van der Waals surface area contributed by atoms with Crippen molar-refractivity contribution in [3.8, 4) is 5.75 Å². The van der Waals surface area contributed by atoms with Gasteiger partial charge in [0.1, 0.15) is 5.75 Å². The Bertz CT molecular complexity index is 474. The lowest BCUT2D eigenvalue weighted by Gasteiger charge is -2.08. The molecule has 96 valence electrons. The summed E-state index contributed by atoms with van der Waals surface area (Å²) in [5, 5.41) is 5.25. The summed E-state index contributed by atoms with van der Waals surface area (Å²) < 4.78 is 27.6. The van der Waals surface area contributed by atoms with Crippen molar-refractivity contribution in [1.82, 2.24) is 0 Å². The fraction of sp³-hybridized carbons (Fsp3) is 0.455. The second-order valence-electron chi connectivity index (χ2n) is 3.69. The van der Waals surface area contributed by atoms with Gasteiger partial charge in [-0.1, -0.05) is 31.4 Å². The third-order valence-corrected chi connectivity index (χ3v) is 3.44. The Morgan fingerprint density at radius 1 is 1.35 bits per heavy atom. The maximum atomic E-state index is 11.1. The van der Waals surface area contributed by atoms with E-state index in [9.17, 15) is 8.42 Å². The molecule has 1 aromatic rings. The van der Waals surface area contributed by atoms with Gasteiger partial charge in [0.15, 0.2) is 0 Å². The molecule has 0 spiro atoms. The van der Waals surface area contributed by atoms with Crippen LogP contribution in [0.5, 0.6) is 5.75 Å². The highest BCUT2D eigenvalue weighted by Gasteiger charge is 2.10. The monoisotopic (exact) mass is 277 g/mol. The number of primary sulfonamides is 1. The lowest BCUT2D eigenvalue weighted by molar-refractivity contribution is 0.306. The molecule has 0 atom stereocenters. The van der Waals surface area contributed by atoms with Gasteiger partial charge in [0.25, 0.3) is 0 Å². The van der Waals surface area contributed by atoms with Crippen molar-refractivity contribution in [2.45, 2.75) is 31.1 Å². The van der Waals surface area contributed by atoms with E-state index in [0.29, 0.717) is 12.4 Å². The maximum absolute atomic E-state index is 11.1. The molecule has 0 unspecified atom stereocenters. The van der Waals surface area contributed by atoms with Gasteiger partial charge >= 0.3 is 0 Å². The molecule has 1 rings (SSSR count). The van der Waals surface area contributed by atoms with Crippen LogP contribution in [-0.2, 0) is 10.0 Å². The van der Waals surface area contributed by atoms with E-state index in [1.54, 1.807) is 0 Å². The van der Waals surface area contributed by atoms with Crippen LogP contribution in [0.4, 0.5) is 0 Å². The lowest BCUT2D eigenvalue weighted by Crippen LogP contribution is -2.12. The Morgan fingerprint density at radius 2 is 2.06 bits per heavy atom. The van der Waals surface area contributed by atoms with Gasteiger partial charge in [-0.05, 0) is 24.6 Å². The number of nitrogens with two attached hydrogens (primary N) is 1. The summed E-state index contributed by atoms with van der Waals surface area (Å²) in [6, 6.07) is 4.20. The molecule has 0 fully saturated rings. The van der Waals surface area contributed by atoms with Gasteiger partial charge in [-0.25, -0.2) is 13.6 Å². The summed E-state index contributed by atoms with van der Waals surface area (Å²) in [5.74, 6) is 0.482. The smallest absolute Gasteiger partial charge is 0.238 e. The van der Waals surface area contributed by atoms with Gasteiger partial charge in [0, 0.05) is 0 Å². The second-order valence-corrected chi connectivity index (χ2v) is 5.66. The van der Waals surface area contributed by atoms with Gasteiger partial charge in [-0.15, -0.1) is 0 Å². The van der Waals surface area contributed by atoms with Gasteiger partial charge < -0.3 is 4.74 Å². The Balaban J connectivity index is 2.70. The first kappa shape index (κ1) is 14.3. The number of benzene rings is 1. The molecule has 0 heterocycles. The minimum atomic E-state index is -3.71. The average Bonchev–Trinajstić information content (AvgIpc) is 2.24. The molecule has 0 amide bonds. The predicted molar refractivity (Wildman–Crippen MR) is 67.8 cm³/mol. The summed E-state index contributed by atoms with van der Waals surface area (Å²) in [6.45, 7) is 2.68. The van der Waals surface area contributed by atoms with Gasteiger partial charge in [-0.3, -0.25) is 0 Å². The molecular weight excluding hydrogens is 262 g/mol. The van der Waals surface area contributed by atoms with Crippen LogP contribution in [0.1, 0.15) is 26.2 Å². The van der Waals surface area contributed by atoms with Crippen LogP contribution in [0, 0.1) is 0 Å². The Labute approximate surface area is 107 Å². The zero-order valence-electron chi connectivity index (χ0n) is 9.65. The van der Waals surface area contributed by atoms with E-state index in [1.807, 2.05) is 0 Å². The minimum Gasteiger partial charge on any atom is -0.492 e. The van der Waals surface area contributed by atoms with Crippen molar-refractivity contribution in [2.24, 2.45) is 5.14 Å². The average molecular weight is 278 g/mol. The third kappa shape index (κ3) is 4.53.